The Kier molecular flexibility index (Phi) is 8.17. The van der Waals surface area contributed by atoms with E-state index in [0.29, 0.717) is 5.56 Å². The third kappa shape index (κ3) is 6.48. The van der Waals surface area contributed by atoms with E-state index in [1.807, 2.05) is 48.5 Å². The number of carbonyl (C=O) groups is 2. The molecule has 0 fully saturated rings. The number of thioether (sulfide) groups is 2. The number of nitrogens with zero attached hydrogens (tertiary/aromatic N) is 3. The first-order chi connectivity index (χ1) is 18.4. The molecule has 0 saturated carbocycles. The van der Waals surface area contributed by atoms with E-state index in [0.717, 1.165) is 29.1 Å². The lowest BCUT2D eigenvalue weighted by Gasteiger charge is -2.20. The van der Waals surface area contributed by atoms with Gasteiger partial charge in [-0.05, 0) is 24.3 Å². The molecule has 0 saturated heterocycles. The number of thiazole rings is 2. The Balaban J connectivity index is 1.25. The highest BCUT2D eigenvalue weighted by molar-refractivity contribution is 8.02. The molecule has 192 valence electrons. The summed E-state index contributed by atoms with van der Waals surface area (Å²) < 4.78 is 3.57. The first-order valence-corrected chi connectivity index (χ1v) is 14.8. The van der Waals surface area contributed by atoms with E-state index in [1.165, 1.54) is 64.4 Å². The number of rotatable bonds is 10. The number of carbonyl (C=O) groups excluding carboxylic acids is 2. The summed E-state index contributed by atoms with van der Waals surface area (Å²) in [6, 6.07) is 21.3. The topological polar surface area (TPSA) is 127 Å². The highest BCUT2D eigenvalue weighted by Crippen LogP contribution is 2.30. The minimum absolute atomic E-state index is 0.0710. The van der Waals surface area contributed by atoms with Gasteiger partial charge in [0, 0.05) is 17.7 Å². The lowest BCUT2D eigenvalue weighted by molar-refractivity contribution is -0.384. The lowest BCUT2D eigenvalue weighted by atomic mass is 10.1. The van der Waals surface area contributed by atoms with Crippen molar-refractivity contribution in [1.82, 2.24) is 20.6 Å². The monoisotopic (exact) mass is 581 g/mol. The molecule has 2 N–H and O–H groups in total. The van der Waals surface area contributed by atoms with Gasteiger partial charge in [0.25, 0.3) is 5.69 Å². The molecule has 2 heterocycles. The van der Waals surface area contributed by atoms with Crippen LogP contribution >= 0.6 is 46.2 Å². The number of nitro benzene ring substituents is 1. The summed E-state index contributed by atoms with van der Waals surface area (Å²) in [5.74, 6) is -0.543. The van der Waals surface area contributed by atoms with Crippen molar-refractivity contribution in [2.45, 2.75) is 14.8 Å². The molecule has 3 aromatic carbocycles. The molecule has 0 aliphatic rings. The van der Waals surface area contributed by atoms with Crippen LogP contribution in [0.25, 0.3) is 20.4 Å². The fraction of sp³-hybridized carbons (Fsp3) is 0.120. The molecule has 0 atom stereocenters. The third-order valence-corrected chi connectivity index (χ3v) is 9.59. The standard InChI is InChI=1S/C25H19N5O4S4/c31-21(13-35-24-26-17-8-1-3-10-19(17)37-24)28-23(15-6-5-7-16(12-15)30(33)34)29-22(32)14-36-25-27-18-9-2-4-11-20(18)38-25/h1-12,23H,13-14H2,(H,28,31)(H,29,32). The third-order valence-electron chi connectivity index (χ3n) is 5.23. The van der Waals surface area contributed by atoms with Gasteiger partial charge in [-0.1, -0.05) is 59.9 Å². The molecular weight excluding hydrogens is 563 g/mol. The molecule has 2 aromatic heterocycles. The minimum atomic E-state index is -0.943. The molecule has 0 aliphatic heterocycles. The molecular formula is C25H19N5O4S4. The molecule has 0 radical (unpaired) electrons. The van der Waals surface area contributed by atoms with Gasteiger partial charge in [-0.15, -0.1) is 22.7 Å². The first-order valence-electron chi connectivity index (χ1n) is 11.2. The fourth-order valence-corrected chi connectivity index (χ4v) is 7.27. The Morgan fingerprint density at radius 3 is 1.84 bits per heavy atom. The van der Waals surface area contributed by atoms with Crippen LogP contribution in [0, 0.1) is 10.1 Å². The maximum absolute atomic E-state index is 12.8. The number of hydrogen-bond acceptors (Lipinski definition) is 10. The Morgan fingerprint density at radius 2 is 1.34 bits per heavy atom. The first kappa shape index (κ1) is 26.1. The zero-order valence-corrected chi connectivity index (χ0v) is 22.8. The predicted molar refractivity (Wildman–Crippen MR) is 153 cm³/mol. The van der Waals surface area contributed by atoms with Gasteiger partial charge in [-0.25, -0.2) is 9.97 Å². The van der Waals surface area contributed by atoms with Gasteiger partial charge in [-0.3, -0.25) is 19.7 Å². The van der Waals surface area contributed by atoms with E-state index in [2.05, 4.69) is 20.6 Å². The largest absolute Gasteiger partial charge is 0.331 e. The van der Waals surface area contributed by atoms with Gasteiger partial charge in [0.2, 0.25) is 11.8 Å². The van der Waals surface area contributed by atoms with Gasteiger partial charge in [0.1, 0.15) is 6.17 Å². The van der Waals surface area contributed by atoms with Crippen molar-refractivity contribution in [1.29, 1.82) is 0 Å². The molecule has 5 aromatic rings. The van der Waals surface area contributed by atoms with E-state index in [-0.39, 0.29) is 29.0 Å². The number of hydrogen-bond donors (Lipinski definition) is 2. The number of benzene rings is 3. The van der Waals surface area contributed by atoms with Crippen molar-refractivity contribution in [2.75, 3.05) is 11.5 Å². The number of aromatic nitrogens is 2. The second kappa shape index (κ2) is 11.9. The van der Waals surface area contributed by atoms with Crippen LogP contribution in [0.4, 0.5) is 5.69 Å². The molecule has 9 nitrogen and oxygen atoms in total. The van der Waals surface area contributed by atoms with Crippen LogP contribution in [0.2, 0.25) is 0 Å². The highest BCUT2D eigenvalue weighted by Gasteiger charge is 2.20. The maximum Gasteiger partial charge on any atom is 0.269 e. The van der Waals surface area contributed by atoms with Crippen LogP contribution in [0.5, 0.6) is 0 Å². The van der Waals surface area contributed by atoms with E-state index in [4.69, 9.17) is 0 Å². The van der Waals surface area contributed by atoms with Crippen LogP contribution < -0.4 is 10.6 Å². The average Bonchev–Trinajstić information content (AvgIpc) is 3.54. The van der Waals surface area contributed by atoms with E-state index in [9.17, 15) is 19.7 Å². The molecule has 0 spiro atoms. The van der Waals surface area contributed by atoms with Crippen molar-refractivity contribution >= 4 is 84.1 Å². The fourth-order valence-electron chi connectivity index (χ4n) is 3.51. The van der Waals surface area contributed by atoms with Gasteiger partial charge >= 0.3 is 0 Å². The molecule has 5 rings (SSSR count). The smallest absolute Gasteiger partial charge is 0.269 e. The van der Waals surface area contributed by atoms with Crippen LogP contribution in [0.3, 0.4) is 0 Å². The Hall–Kier alpha value is -3.52. The van der Waals surface area contributed by atoms with Gasteiger partial charge in [0.15, 0.2) is 8.68 Å². The number of fused-ring (bicyclic) bond motifs is 2. The van der Waals surface area contributed by atoms with Crippen LogP contribution in [-0.2, 0) is 9.59 Å². The summed E-state index contributed by atoms with van der Waals surface area (Å²) in [4.78, 5) is 45.5. The van der Waals surface area contributed by atoms with Crippen LogP contribution in [-0.4, -0.2) is 38.2 Å². The quantitative estimate of drug-likeness (QED) is 0.0940. The van der Waals surface area contributed by atoms with E-state index in [1.54, 1.807) is 6.07 Å². The number of nitro groups is 1. The summed E-state index contributed by atoms with van der Waals surface area (Å²) in [5, 5.41) is 16.9. The van der Waals surface area contributed by atoms with Crippen LogP contribution in [0.15, 0.2) is 81.5 Å². The van der Waals surface area contributed by atoms with Gasteiger partial charge in [-0.2, -0.15) is 0 Å². The maximum atomic E-state index is 12.8. The van der Waals surface area contributed by atoms with Gasteiger partial charge < -0.3 is 10.6 Å². The highest BCUT2D eigenvalue weighted by atomic mass is 32.2. The van der Waals surface area contributed by atoms with Gasteiger partial charge in [0.05, 0.1) is 36.9 Å². The Morgan fingerprint density at radius 1 is 0.816 bits per heavy atom. The average molecular weight is 582 g/mol. The second-order valence-corrected chi connectivity index (χ2v) is 12.4. The number of non-ortho nitro benzene ring substituents is 1. The summed E-state index contributed by atoms with van der Waals surface area (Å²) >= 11 is 5.57. The normalized spacial score (nSPS) is 11.2. The molecule has 2 amide bonds. The number of amides is 2. The molecule has 0 bridgehead atoms. The summed E-state index contributed by atoms with van der Waals surface area (Å²) in [6.07, 6.45) is -0.943. The number of nitrogens with one attached hydrogen (secondary N) is 2. The summed E-state index contributed by atoms with van der Waals surface area (Å²) in [6.45, 7) is 0. The number of para-hydroxylation sites is 2. The predicted octanol–water partition coefficient (Wildman–Crippen LogP) is 5.63. The molecule has 0 aliphatic carbocycles. The molecule has 0 unspecified atom stereocenters. The summed E-state index contributed by atoms with van der Waals surface area (Å²) in [7, 11) is 0. The second-order valence-electron chi connectivity index (χ2n) is 7.89. The zero-order chi connectivity index (χ0) is 26.5. The minimum Gasteiger partial charge on any atom is -0.331 e. The Bertz CT molecular complexity index is 1480. The van der Waals surface area contributed by atoms with Crippen molar-refractivity contribution in [2.24, 2.45) is 0 Å². The SMILES string of the molecule is O=C(CSc1nc2ccccc2s1)NC(NC(=O)CSc1nc2ccccc2s1)c1cccc([N+](=O)[O-])c1. The van der Waals surface area contributed by atoms with Crippen molar-refractivity contribution in [3.63, 3.8) is 0 Å². The van der Waals surface area contributed by atoms with Crippen molar-refractivity contribution in [3.8, 4) is 0 Å². The lowest BCUT2D eigenvalue weighted by Crippen LogP contribution is -2.42. The van der Waals surface area contributed by atoms with Crippen molar-refractivity contribution < 1.29 is 14.5 Å². The van der Waals surface area contributed by atoms with Crippen molar-refractivity contribution in [3.05, 3.63) is 88.5 Å². The van der Waals surface area contributed by atoms with Crippen LogP contribution in [0.1, 0.15) is 11.7 Å². The molecule has 38 heavy (non-hydrogen) atoms. The zero-order valence-electron chi connectivity index (χ0n) is 19.5. The van der Waals surface area contributed by atoms with E-state index < -0.39 is 11.1 Å². The van der Waals surface area contributed by atoms with E-state index >= 15 is 0 Å². The summed E-state index contributed by atoms with van der Waals surface area (Å²) in [5.41, 5.74) is 2.00. The molecule has 13 heteroatoms. The Labute approximate surface area is 233 Å².